The van der Waals surface area contributed by atoms with Crippen molar-refractivity contribution in [1.82, 2.24) is 4.90 Å². The van der Waals surface area contributed by atoms with Crippen molar-refractivity contribution in [2.45, 2.75) is 40.0 Å². The summed E-state index contributed by atoms with van der Waals surface area (Å²) in [5.41, 5.74) is 2.52. The number of carbonyl (C=O) groups excluding carboxylic acids is 3. The molecule has 0 radical (unpaired) electrons. The van der Waals surface area contributed by atoms with Gasteiger partial charge in [-0.25, -0.2) is 0 Å². The van der Waals surface area contributed by atoms with Crippen molar-refractivity contribution in [3.8, 4) is 0 Å². The fraction of sp³-hybridized carbons (Fsp3) is 0.550. The Bertz CT molecular complexity index is 684. The van der Waals surface area contributed by atoms with Crippen molar-refractivity contribution in [2.24, 2.45) is 5.92 Å². The lowest BCUT2D eigenvalue weighted by molar-refractivity contribution is -0.140. The molecule has 1 aliphatic rings. The fourth-order valence-corrected chi connectivity index (χ4v) is 3.21. The number of carbonyl (C=O) groups is 3. The maximum absolute atomic E-state index is 12.9. The largest absolute Gasteiger partial charge is 0.469 e. The number of nitrogens with zero attached hydrogens (tertiary/aromatic N) is 2. The Kier molecular flexibility index (Phi) is 6.77. The number of hydrogen-bond donors (Lipinski definition) is 0. The Morgan fingerprint density at radius 3 is 2.62 bits per heavy atom. The predicted molar refractivity (Wildman–Crippen MR) is 100 cm³/mol. The molecule has 0 saturated carbocycles. The molecule has 1 aromatic carbocycles. The topological polar surface area (TPSA) is 66.9 Å². The van der Waals surface area contributed by atoms with E-state index in [1.807, 2.05) is 32.9 Å². The van der Waals surface area contributed by atoms with E-state index in [1.54, 1.807) is 15.9 Å². The van der Waals surface area contributed by atoms with E-state index in [4.69, 9.17) is 0 Å². The Balaban J connectivity index is 2.18. The zero-order valence-electron chi connectivity index (χ0n) is 16.1. The molecule has 0 spiro atoms. The van der Waals surface area contributed by atoms with Gasteiger partial charge in [0.15, 0.2) is 0 Å². The maximum atomic E-state index is 12.9. The summed E-state index contributed by atoms with van der Waals surface area (Å²) in [6.07, 6.45) is 1.41. The monoisotopic (exact) mass is 360 g/mol. The molecule has 6 heteroatoms. The molecule has 0 aromatic heterocycles. The molecule has 1 aromatic rings. The second-order valence-electron chi connectivity index (χ2n) is 6.96. The number of ether oxygens (including phenoxy) is 1. The minimum absolute atomic E-state index is 0.0920. The molecule has 0 unspecified atom stereocenters. The quantitative estimate of drug-likeness (QED) is 0.701. The first kappa shape index (κ1) is 19.9. The molecule has 0 aliphatic carbocycles. The lowest BCUT2D eigenvalue weighted by Crippen LogP contribution is -2.36. The van der Waals surface area contributed by atoms with Gasteiger partial charge in [-0.1, -0.05) is 20.8 Å². The highest BCUT2D eigenvalue weighted by Gasteiger charge is 2.25. The number of benzene rings is 1. The summed E-state index contributed by atoms with van der Waals surface area (Å²) in [4.78, 5) is 39.9. The molecular formula is C20H28N2O4. The van der Waals surface area contributed by atoms with E-state index in [2.05, 4.69) is 4.74 Å². The Morgan fingerprint density at radius 2 is 2.00 bits per heavy atom. The van der Waals surface area contributed by atoms with E-state index in [-0.39, 0.29) is 24.2 Å². The molecule has 0 atom stereocenters. The normalized spacial score (nSPS) is 12.9. The van der Waals surface area contributed by atoms with Gasteiger partial charge in [0, 0.05) is 37.3 Å². The van der Waals surface area contributed by atoms with Crippen molar-refractivity contribution in [2.75, 3.05) is 31.6 Å². The lowest BCUT2D eigenvalue weighted by Gasteiger charge is -2.24. The van der Waals surface area contributed by atoms with Gasteiger partial charge in [0.2, 0.25) is 5.91 Å². The summed E-state index contributed by atoms with van der Waals surface area (Å²) in [5.74, 6) is -0.0223. The highest BCUT2D eigenvalue weighted by molar-refractivity contribution is 5.98. The van der Waals surface area contributed by atoms with E-state index >= 15 is 0 Å². The van der Waals surface area contributed by atoms with Crippen LogP contribution < -0.4 is 4.90 Å². The number of methoxy groups -OCH3 is 1. The van der Waals surface area contributed by atoms with E-state index < -0.39 is 0 Å². The SMILES string of the molecule is CCC(=O)N1CCc2cc(C(=O)N(CCC(=O)OC)CC(C)C)ccc21. The molecule has 26 heavy (non-hydrogen) atoms. The zero-order valence-corrected chi connectivity index (χ0v) is 16.1. The van der Waals surface area contributed by atoms with Crippen LogP contribution in [-0.4, -0.2) is 49.4 Å². The van der Waals surface area contributed by atoms with Crippen LogP contribution in [0.3, 0.4) is 0 Å². The summed E-state index contributed by atoms with van der Waals surface area (Å²) in [6.45, 7) is 7.50. The minimum Gasteiger partial charge on any atom is -0.469 e. The van der Waals surface area contributed by atoms with Crippen LogP contribution >= 0.6 is 0 Å². The third kappa shape index (κ3) is 4.62. The van der Waals surface area contributed by atoms with Gasteiger partial charge in [0.1, 0.15) is 0 Å². The molecule has 1 aliphatic heterocycles. The number of amides is 2. The van der Waals surface area contributed by atoms with Gasteiger partial charge < -0.3 is 14.5 Å². The molecule has 0 bridgehead atoms. The van der Waals surface area contributed by atoms with Gasteiger partial charge in [-0.15, -0.1) is 0 Å². The first-order chi connectivity index (χ1) is 12.4. The Hall–Kier alpha value is -2.37. The van der Waals surface area contributed by atoms with E-state index in [0.717, 1.165) is 17.7 Å². The van der Waals surface area contributed by atoms with Gasteiger partial charge in [-0.3, -0.25) is 14.4 Å². The number of hydrogen-bond acceptors (Lipinski definition) is 4. The van der Waals surface area contributed by atoms with Gasteiger partial charge in [-0.2, -0.15) is 0 Å². The first-order valence-electron chi connectivity index (χ1n) is 9.16. The van der Waals surface area contributed by atoms with Gasteiger partial charge in [0.05, 0.1) is 13.5 Å². The van der Waals surface area contributed by atoms with E-state index in [9.17, 15) is 14.4 Å². The average molecular weight is 360 g/mol. The molecule has 142 valence electrons. The van der Waals surface area contributed by atoms with Crippen molar-refractivity contribution in [3.05, 3.63) is 29.3 Å². The van der Waals surface area contributed by atoms with E-state index in [0.29, 0.717) is 37.5 Å². The second-order valence-corrected chi connectivity index (χ2v) is 6.96. The molecule has 6 nitrogen and oxygen atoms in total. The van der Waals surface area contributed by atoms with Crippen molar-refractivity contribution in [1.29, 1.82) is 0 Å². The molecule has 2 amide bonds. The number of esters is 1. The minimum atomic E-state index is -0.325. The highest BCUT2D eigenvalue weighted by atomic mass is 16.5. The predicted octanol–water partition coefficient (Wildman–Crippen LogP) is 2.65. The van der Waals surface area contributed by atoms with E-state index in [1.165, 1.54) is 7.11 Å². The van der Waals surface area contributed by atoms with Gasteiger partial charge in [0.25, 0.3) is 5.91 Å². The second kappa shape index (κ2) is 8.83. The summed E-state index contributed by atoms with van der Waals surface area (Å²) in [7, 11) is 1.35. The number of fused-ring (bicyclic) bond motifs is 1. The lowest BCUT2D eigenvalue weighted by atomic mass is 10.1. The third-order valence-corrected chi connectivity index (χ3v) is 4.51. The third-order valence-electron chi connectivity index (χ3n) is 4.51. The summed E-state index contributed by atoms with van der Waals surface area (Å²) >= 11 is 0. The summed E-state index contributed by atoms with van der Waals surface area (Å²) < 4.78 is 4.68. The highest BCUT2D eigenvalue weighted by Crippen LogP contribution is 2.29. The van der Waals surface area contributed by atoms with Crippen LogP contribution in [0, 0.1) is 5.92 Å². The molecule has 0 N–H and O–H groups in total. The molecule has 1 heterocycles. The average Bonchev–Trinajstić information content (AvgIpc) is 3.06. The first-order valence-corrected chi connectivity index (χ1v) is 9.16. The van der Waals surface area contributed by atoms with Crippen molar-refractivity contribution >= 4 is 23.5 Å². The van der Waals surface area contributed by atoms with Crippen molar-refractivity contribution in [3.63, 3.8) is 0 Å². The van der Waals surface area contributed by atoms with Crippen LogP contribution in [0.1, 0.15) is 49.5 Å². The van der Waals surface area contributed by atoms with Gasteiger partial charge in [-0.05, 0) is 36.1 Å². The molecular weight excluding hydrogens is 332 g/mol. The Morgan fingerprint density at radius 1 is 1.27 bits per heavy atom. The van der Waals surface area contributed by atoms with Crippen LogP contribution in [0.25, 0.3) is 0 Å². The van der Waals surface area contributed by atoms with Crippen LogP contribution in [0.2, 0.25) is 0 Å². The smallest absolute Gasteiger partial charge is 0.307 e. The van der Waals surface area contributed by atoms with Crippen LogP contribution in [0.4, 0.5) is 5.69 Å². The molecule has 0 saturated heterocycles. The maximum Gasteiger partial charge on any atom is 0.307 e. The fourth-order valence-electron chi connectivity index (χ4n) is 3.21. The van der Waals surface area contributed by atoms with Crippen LogP contribution in [0.5, 0.6) is 0 Å². The van der Waals surface area contributed by atoms with Gasteiger partial charge >= 0.3 is 5.97 Å². The molecule has 0 fully saturated rings. The standard InChI is InChI=1S/C20H28N2O4/c1-5-18(23)22-11-8-15-12-16(6-7-17(15)22)20(25)21(13-14(2)3)10-9-19(24)26-4/h6-7,12,14H,5,8-11,13H2,1-4H3. The Labute approximate surface area is 155 Å². The molecule has 2 rings (SSSR count). The van der Waals surface area contributed by atoms with Crippen LogP contribution in [0.15, 0.2) is 18.2 Å². The van der Waals surface area contributed by atoms with Crippen LogP contribution in [-0.2, 0) is 20.7 Å². The summed E-state index contributed by atoms with van der Waals surface area (Å²) in [6, 6.07) is 5.51. The number of anilines is 1. The summed E-state index contributed by atoms with van der Waals surface area (Å²) in [5, 5.41) is 0. The number of rotatable bonds is 7. The van der Waals surface area contributed by atoms with Crippen molar-refractivity contribution < 1.29 is 19.1 Å². The zero-order chi connectivity index (χ0) is 19.3.